The Kier molecular flexibility index (Phi) is 8.97. The van der Waals surface area contributed by atoms with Gasteiger partial charge in [-0.25, -0.2) is 0 Å². The summed E-state index contributed by atoms with van der Waals surface area (Å²) in [4.78, 5) is 5.11. The monoisotopic (exact) mass is 800 g/mol. The lowest BCUT2D eigenvalue weighted by Crippen LogP contribution is -2.62. The van der Waals surface area contributed by atoms with Crippen molar-refractivity contribution in [2.45, 2.75) is 0 Å². The van der Waals surface area contributed by atoms with Gasteiger partial charge in [-0.15, -0.1) is 0 Å². The molecule has 0 N–H and O–H groups in total. The Hall–Kier alpha value is -8.14. The molecular weight excluding hydrogens is 759 g/mol. The first kappa shape index (κ1) is 36.7. The molecule has 12 rings (SSSR count). The normalized spacial score (nSPS) is 12.3. The SMILES string of the molecule is c1ccc(-c2cccc(N3c4cccc(-c5ccccc5)c4B4c5ccc(-c6ccccc6)cc5N(c5ccccc5-c5ccccc5)c5cc(-c6ccccc6)cc3c54)c2)cc1. The lowest BCUT2D eigenvalue weighted by Gasteiger charge is -2.45. The Morgan fingerprint density at radius 2 is 0.683 bits per heavy atom. The quantitative estimate of drug-likeness (QED) is 0.148. The molecule has 10 aromatic carbocycles. The second-order valence-corrected chi connectivity index (χ2v) is 16.4. The van der Waals surface area contributed by atoms with Crippen LogP contribution in [0.3, 0.4) is 0 Å². The highest BCUT2D eigenvalue weighted by atomic mass is 15.2. The topological polar surface area (TPSA) is 6.48 Å². The third-order valence-corrected chi connectivity index (χ3v) is 12.8. The van der Waals surface area contributed by atoms with Gasteiger partial charge in [0.1, 0.15) is 0 Å². The van der Waals surface area contributed by atoms with Crippen molar-refractivity contribution in [1.29, 1.82) is 0 Å². The molecule has 2 heterocycles. The minimum absolute atomic E-state index is 0.0697. The largest absolute Gasteiger partial charge is 0.311 e. The highest BCUT2D eigenvalue weighted by Gasteiger charge is 2.45. The summed E-state index contributed by atoms with van der Waals surface area (Å²) in [6, 6.07) is 91.2. The van der Waals surface area contributed by atoms with Crippen LogP contribution >= 0.6 is 0 Å². The maximum Gasteiger partial charge on any atom is 0.252 e. The fourth-order valence-electron chi connectivity index (χ4n) is 10.0. The average molecular weight is 801 g/mol. The summed E-state index contributed by atoms with van der Waals surface area (Å²) in [5.74, 6) is 0. The maximum atomic E-state index is 2.57. The highest BCUT2D eigenvalue weighted by Crippen LogP contribution is 2.49. The van der Waals surface area contributed by atoms with Crippen LogP contribution in [0.5, 0.6) is 0 Å². The lowest BCUT2D eigenvalue weighted by molar-refractivity contribution is 1.25. The first-order valence-corrected chi connectivity index (χ1v) is 21.8. The number of hydrogen-bond donors (Lipinski definition) is 0. The van der Waals surface area contributed by atoms with Crippen LogP contribution in [0.15, 0.2) is 249 Å². The molecule has 0 atom stereocenters. The molecule has 63 heavy (non-hydrogen) atoms. The van der Waals surface area contributed by atoms with E-state index in [2.05, 4.69) is 259 Å². The van der Waals surface area contributed by atoms with Crippen LogP contribution in [0.4, 0.5) is 34.1 Å². The van der Waals surface area contributed by atoms with Gasteiger partial charge in [0.2, 0.25) is 0 Å². The van der Waals surface area contributed by atoms with Gasteiger partial charge in [0.15, 0.2) is 0 Å². The lowest BCUT2D eigenvalue weighted by atomic mass is 9.32. The van der Waals surface area contributed by atoms with Crippen molar-refractivity contribution in [3.8, 4) is 55.6 Å². The number of anilines is 6. The van der Waals surface area contributed by atoms with Crippen molar-refractivity contribution in [3.63, 3.8) is 0 Å². The fourth-order valence-corrected chi connectivity index (χ4v) is 10.0. The summed E-state index contributed by atoms with van der Waals surface area (Å²) < 4.78 is 0. The van der Waals surface area contributed by atoms with Gasteiger partial charge < -0.3 is 9.80 Å². The van der Waals surface area contributed by atoms with E-state index in [4.69, 9.17) is 0 Å². The standard InChI is InChI=1S/C60H41BN2/c1-6-20-42(21-7-1)47-30-18-31-50(38-47)62-55-35-19-33-52(46-28-14-5-15-29-46)59(55)61-53-37-36-48(43-22-8-2-9-23-43)39-56(53)63(54-34-17-16-32-51(54)45-26-12-4-13-27-45)58-41-49(40-57(62)60(58)61)44-24-10-3-11-25-44/h1-41H. The molecule has 0 saturated carbocycles. The summed E-state index contributed by atoms with van der Waals surface area (Å²) in [5.41, 5.74) is 22.8. The number of para-hydroxylation sites is 1. The molecule has 3 heteroatoms. The number of fused-ring (bicyclic) bond motifs is 4. The third kappa shape index (κ3) is 6.28. The molecule has 0 aliphatic carbocycles. The predicted octanol–water partition coefficient (Wildman–Crippen LogP) is 14.1. The van der Waals surface area contributed by atoms with Gasteiger partial charge in [0.05, 0.1) is 5.69 Å². The number of rotatable bonds is 7. The average Bonchev–Trinajstić information content (AvgIpc) is 3.37. The first-order chi connectivity index (χ1) is 31.3. The molecule has 0 unspecified atom stereocenters. The van der Waals surface area contributed by atoms with Gasteiger partial charge in [0, 0.05) is 34.0 Å². The van der Waals surface area contributed by atoms with Gasteiger partial charge in [-0.3, -0.25) is 0 Å². The minimum Gasteiger partial charge on any atom is -0.311 e. The first-order valence-electron chi connectivity index (χ1n) is 21.8. The van der Waals surface area contributed by atoms with Crippen LogP contribution in [-0.4, -0.2) is 6.71 Å². The fraction of sp³-hybridized carbons (Fsp3) is 0. The van der Waals surface area contributed by atoms with Crippen molar-refractivity contribution in [1.82, 2.24) is 0 Å². The Bertz CT molecular complexity index is 3280. The molecule has 0 radical (unpaired) electrons. The second kappa shape index (κ2) is 15.4. The Morgan fingerprint density at radius 3 is 1.32 bits per heavy atom. The van der Waals surface area contributed by atoms with E-state index >= 15 is 0 Å². The highest BCUT2D eigenvalue weighted by molar-refractivity contribution is 7.01. The van der Waals surface area contributed by atoms with Gasteiger partial charge in [-0.05, 0) is 109 Å². The molecule has 2 aliphatic rings. The number of hydrogen-bond acceptors (Lipinski definition) is 2. The molecule has 0 bridgehead atoms. The third-order valence-electron chi connectivity index (χ3n) is 12.8. The summed E-state index contributed by atoms with van der Waals surface area (Å²) in [7, 11) is 0. The molecule has 0 fully saturated rings. The van der Waals surface area contributed by atoms with E-state index in [0.29, 0.717) is 0 Å². The van der Waals surface area contributed by atoms with Crippen molar-refractivity contribution < 1.29 is 0 Å². The van der Waals surface area contributed by atoms with Crippen LogP contribution < -0.4 is 26.2 Å². The van der Waals surface area contributed by atoms with Crippen molar-refractivity contribution in [2.75, 3.05) is 9.80 Å². The van der Waals surface area contributed by atoms with Crippen LogP contribution in [0.25, 0.3) is 55.6 Å². The zero-order valence-electron chi connectivity index (χ0n) is 34.6. The van der Waals surface area contributed by atoms with Gasteiger partial charge in [-0.1, -0.05) is 206 Å². The molecule has 2 aliphatic heterocycles. The number of nitrogens with zero attached hydrogens (tertiary/aromatic N) is 2. The van der Waals surface area contributed by atoms with E-state index in [-0.39, 0.29) is 6.71 Å². The van der Waals surface area contributed by atoms with Crippen LogP contribution in [-0.2, 0) is 0 Å². The molecular formula is C60H41BN2. The van der Waals surface area contributed by atoms with E-state index in [1.54, 1.807) is 0 Å². The summed E-state index contributed by atoms with van der Waals surface area (Å²) in [6.07, 6.45) is 0. The van der Waals surface area contributed by atoms with E-state index in [0.717, 1.165) is 11.4 Å². The van der Waals surface area contributed by atoms with Crippen LogP contribution in [0.2, 0.25) is 0 Å². The Morgan fingerprint density at radius 1 is 0.238 bits per heavy atom. The second-order valence-electron chi connectivity index (χ2n) is 16.4. The molecule has 0 aromatic heterocycles. The zero-order valence-corrected chi connectivity index (χ0v) is 34.6. The summed E-state index contributed by atoms with van der Waals surface area (Å²) in [5, 5.41) is 0. The molecule has 0 saturated heterocycles. The smallest absolute Gasteiger partial charge is 0.252 e. The maximum absolute atomic E-state index is 2.57. The predicted molar refractivity (Wildman–Crippen MR) is 268 cm³/mol. The summed E-state index contributed by atoms with van der Waals surface area (Å²) in [6.45, 7) is -0.0697. The number of benzene rings is 10. The van der Waals surface area contributed by atoms with Gasteiger partial charge >= 0.3 is 0 Å². The van der Waals surface area contributed by atoms with Gasteiger partial charge in [-0.2, -0.15) is 0 Å². The van der Waals surface area contributed by atoms with Crippen molar-refractivity contribution in [2.24, 2.45) is 0 Å². The molecule has 0 spiro atoms. The molecule has 294 valence electrons. The molecule has 2 nitrogen and oxygen atoms in total. The van der Waals surface area contributed by atoms with Crippen molar-refractivity contribution in [3.05, 3.63) is 249 Å². The zero-order chi connectivity index (χ0) is 41.7. The van der Waals surface area contributed by atoms with Gasteiger partial charge in [0.25, 0.3) is 6.71 Å². The van der Waals surface area contributed by atoms with E-state index in [9.17, 15) is 0 Å². The van der Waals surface area contributed by atoms with Crippen molar-refractivity contribution >= 4 is 57.2 Å². The van der Waals surface area contributed by atoms with Crippen LogP contribution in [0, 0.1) is 0 Å². The molecule has 10 aromatic rings. The van der Waals surface area contributed by atoms with E-state index in [1.807, 2.05) is 0 Å². The Balaban J connectivity index is 1.22. The van der Waals surface area contributed by atoms with E-state index in [1.165, 1.54) is 94.8 Å². The summed E-state index contributed by atoms with van der Waals surface area (Å²) >= 11 is 0. The Labute approximate surface area is 369 Å². The van der Waals surface area contributed by atoms with E-state index < -0.39 is 0 Å². The molecule has 0 amide bonds. The van der Waals surface area contributed by atoms with Crippen LogP contribution in [0.1, 0.15) is 0 Å². The minimum atomic E-state index is -0.0697.